The number of carboxylic acids is 2. The van der Waals surface area contributed by atoms with E-state index in [4.69, 9.17) is 29.0 Å². The predicted molar refractivity (Wildman–Crippen MR) is 128 cm³/mol. The number of fused-ring (bicyclic) bond motifs is 1. The predicted octanol–water partition coefficient (Wildman–Crippen LogP) is 4.41. The van der Waals surface area contributed by atoms with Crippen LogP contribution in [0, 0.1) is 5.92 Å². The average molecular weight is 581 g/mol. The molecule has 40 heavy (non-hydrogen) atoms. The van der Waals surface area contributed by atoms with E-state index in [1.165, 1.54) is 31.5 Å². The van der Waals surface area contributed by atoms with Crippen molar-refractivity contribution in [1.29, 1.82) is 0 Å². The molecule has 3 saturated heterocycles. The summed E-state index contributed by atoms with van der Waals surface area (Å²) in [7, 11) is 0. The lowest BCUT2D eigenvalue weighted by molar-refractivity contribution is -0.193. The quantitative estimate of drug-likeness (QED) is 0.513. The SMILES string of the molecule is O=C(O)C(F)(F)F.O=C(O)C(F)(F)F.c1ccc(C23CCN(C4CCOC4)CC2CN(Cc2ccco2)C3)cc1. The number of carbonyl (C=O) groups is 2. The zero-order valence-corrected chi connectivity index (χ0v) is 21.3. The van der Waals surface area contributed by atoms with Crippen LogP contribution in [0.3, 0.4) is 0 Å². The highest BCUT2D eigenvalue weighted by Gasteiger charge is 2.51. The fraction of sp³-hybridized carbons (Fsp3) is 0.538. The highest BCUT2D eigenvalue weighted by atomic mass is 19.4. The number of carboxylic acid groups (broad SMARTS) is 2. The highest BCUT2D eigenvalue weighted by molar-refractivity contribution is 5.73. The standard InChI is InChI=1S/C22H28N2O2.2C2HF3O2/c1-2-5-18(6-3-1)22-9-10-24(20-8-12-25-16-20)14-19(22)13-23(17-22)15-21-7-4-11-26-21;2*3-2(4,5)1(6)7/h1-7,11,19-20H,8-10,12-17H2;2*(H,6,7). The van der Waals surface area contributed by atoms with Crippen LogP contribution in [0.1, 0.15) is 24.2 Å². The van der Waals surface area contributed by atoms with Crippen molar-refractivity contribution in [3.8, 4) is 0 Å². The first-order chi connectivity index (χ1) is 18.7. The van der Waals surface area contributed by atoms with Gasteiger partial charge in [0.05, 0.1) is 19.4 Å². The summed E-state index contributed by atoms with van der Waals surface area (Å²) in [5.74, 6) is -3.76. The van der Waals surface area contributed by atoms with Crippen LogP contribution in [0.15, 0.2) is 53.1 Å². The second kappa shape index (κ2) is 13.0. The molecule has 2 N–H and O–H groups in total. The minimum atomic E-state index is -5.08. The number of hydrogen-bond acceptors (Lipinski definition) is 6. The molecule has 5 rings (SSSR count). The number of nitrogens with zero attached hydrogens (tertiary/aromatic N) is 2. The van der Waals surface area contributed by atoms with Gasteiger partial charge in [0, 0.05) is 37.7 Å². The Labute approximate surface area is 226 Å². The Bertz CT molecular complexity index is 1070. The molecule has 4 heterocycles. The summed E-state index contributed by atoms with van der Waals surface area (Å²) in [5.41, 5.74) is 1.80. The van der Waals surface area contributed by atoms with Crippen LogP contribution in [0.5, 0.6) is 0 Å². The normalized spacial score (nSPS) is 25.2. The third-order valence-corrected chi connectivity index (χ3v) is 7.28. The van der Waals surface area contributed by atoms with Crippen LogP contribution in [0.2, 0.25) is 0 Å². The fourth-order valence-electron chi connectivity index (χ4n) is 5.44. The summed E-state index contributed by atoms with van der Waals surface area (Å²) >= 11 is 0. The van der Waals surface area contributed by atoms with Crippen molar-refractivity contribution in [3.63, 3.8) is 0 Å². The molecule has 3 unspecified atom stereocenters. The Hall–Kier alpha value is -3.10. The Morgan fingerprint density at radius 3 is 2.08 bits per heavy atom. The first-order valence-electron chi connectivity index (χ1n) is 12.4. The van der Waals surface area contributed by atoms with Crippen molar-refractivity contribution in [2.45, 2.75) is 43.2 Å². The van der Waals surface area contributed by atoms with Gasteiger partial charge in [0.15, 0.2) is 0 Å². The lowest BCUT2D eigenvalue weighted by Gasteiger charge is -2.45. The van der Waals surface area contributed by atoms with Gasteiger partial charge in [0.2, 0.25) is 0 Å². The Kier molecular flexibility index (Phi) is 10.2. The number of hydrogen-bond donors (Lipinski definition) is 2. The van der Waals surface area contributed by atoms with Crippen LogP contribution in [0.4, 0.5) is 26.3 Å². The maximum atomic E-state index is 10.6. The lowest BCUT2D eigenvalue weighted by atomic mass is 9.67. The van der Waals surface area contributed by atoms with E-state index in [1.54, 1.807) is 6.26 Å². The summed E-state index contributed by atoms with van der Waals surface area (Å²) in [6.45, 7) is 7.44. The number of halogens is 6. The van der Waals surface area contributed by atoms with Gasteiger partial charge in [-0.2, -0.15) is 26.3 Å². The van der Waals surface area contributed by atoms with E-state index in [0.717, 1.165) is 38.6 Å². The fourth-order valence-corrected chi connectivity index (χ4v) is 5.44. The summed E-state index contributed by atoms with van der Waals surface area (Å²) in [4.78, 5) is 23.1. The number of likely N-dealkylation sites (tertiary alicyclic amines) is 2. The van der Waals surface area contributed by atoms with E-state index in [-0.39, 0.29) is 5.41 Å². The minimum absolute atomic E-state index is 0.282. The number of piperidine rings is 1. The van der Waals surface area contributed by atoms with E-state index >= 15 is 0 Å². The molecule has 0 saturated carbocycles. The lowest BCUT2D eigenvalue weighted by Crippen LogP contribution is -2.52. The van der Waals surface area contributed by atoms with Crippen molar-refractivity contribution >= 4 is 11.9 Å². The largest absolute Gasteiger partial charge is 0.490 e. The van der Waals surface area contributed by atoms with E-state index in [2.05, 4.69) is 46.2 Å². The molecule has 0 spiro atoms. The molecule has 8 nitrogen and oxygen atoms in total. The first-order valence-corrected chi connectivity index (χ1v) is 12.4. The monoisotopic (exact) mass is 580 g/mol. The second-order valence-electron chi connectivity index (χ2n) is 9.84. The molecule has 3 atom stereocenters. The molecule has 14 heteroatoms. The van der Waals surface area contributed by atoms with Gasteiger partial charge in [-0.15, -0.1) is 0 Å². The van der Waals surface area contributed by atoms with Crippen molar-refractivity contribution in [1.82, 2.24) is 9.80 Å². The van der Waals surface area contributed by atoms with Crippen molar-refractivity contribution in [2.75, 3.05) is 39.4 Å². The van der Waals surface area contributed by atoms with E-state index < -0.39 is 24.3 Å². The molecule has 222 valence electrons. The number of benzene rings is 1. The van der Waals surface area contributed by atoms with Gasteiger partial charge in [0.1, 0.15) is 5.76 Å². The van der Waals surface area contributed by atoms with Crippen molar-refractivity contribution < 1.29 is 55.3 Å². The van der Waals surface area contributed by atoms with Crippen molar-refractivity contribution in [3.05, 3.63) is 60.1 Å². The Balaban J connectivity index is 0.000000263. The van der Waals surface area contributed by atoms with Crippen LogP contribution >= 0.6 is 0 Å². The maximum absolute atomic E-state index is 10.6. The number of rotatable bonds is 4. The molecule has 0 radical (unpaired) electrons. The van der Waals surface area contributed by atoms with Gasteiger partial charge in [-0.1, -0.05) is 30.3 Å². The average Bonchev–Trinajstić information content (AvgIpc) is 3.65. The Morgan fingerprint density at radius 1 is 0.950 bits per heavy atom. The Morgan fingerprint density at radius 2 is 1.57 bits per heavy atom. The first kappa shape index (κ1) is 31.4. The number of aliphatic carboxylic acids is 2. The van der Waals surface area contributed by atoms with Gasteiger partial charge in [0.25, 0.3) is 0 Å². The molecular weight excluding hydrogens is 550 g/mol. The summed E-state index contributed by atoms with van der Waals surface area (Å²) < 4.78 is 74.8. The topological polar surface area (TPSA) is 103 Å². The molecule has 3 aliphatic heterocycles. The molecule has 0 amide bonds. The highest BCUT2D eigenvalue weighted by Crippen LogP contribution is 2.46. The summed E-state index contributed by atoms with van der Waals surface area (Å²) in [6, 6.07) is 15.9. The van der Waals surface area contributed by atoms with Gasteiger partial charge >= 0.3 is 24.3 Å². The van der Waals surface area contributed by atoms with Crippen LogP contribution in [0.25, 0.3) is 0 Å². The number of ether oxygens (including phenoxy) is 1. The molecule has 1 aromatic heterocycles. The zero-order valence-electron chi connectivity index (χ0n) is 21.3. The van der Waals surface area contributed by atoms with Gasteiger partial charge in [-0.05, 0) is 43.0 Å². The minimum Gasteiger partial charge on any atom is -0.475 e. The van der Waals surface area contributed by atoms with Gasteiger partial charge in [-0.25, -0.2) is 9.59 Å². The zero-order chi connectivity index (χ0) is 29.6. The summed E-state index contributed by atoms with van der Waals surface area (Å²) in [6.07, 6.45) is -5.94. The van der Waals surface area contributed by atoms with Gasteiger partial charge in [-0.3, -0.25) is 9.80 Å². The smallest absolute Gasteiger partial charge is 0.475 e. The van der Waals surface area contributed by atoms with E-state index in [0.29, 0.717) is 12.0 Å². The van der Waals surface area contributed by atoms with Crippen LogP contribution in [-0.2, 0) is 26.3 Å². The third kappa shape index (κ3) is 8.21. The molecule has 3 fully saturated rings. The molecule has 3 aliphatic rings. The molecule has 1 aromatic carbocycles. The second-order valence-corrected chi connectivity index (χ2v) is 9.84. The van der Waals surface area contributed by atoms with Crippen LogP contribution < -0.4 is 0 Å². The molecule has 2 aromatic rings. The van der Waals surface area contributed by atoms with Gasteiger partial charge < -0.3 is 19.4 Å². The maximum Gasteiger partial charge on any atom is 0.490 e. The summed E-state index contributed by atoms with van der Waals surface area (Å²) in [5, 5.41) is 14.2. The van der Waals surface area contributed by atoms with Crippen molar-refractivity contribution in [2.24, 2.45) is 5.92 Å². The third-order valence-electron chi connectivity index (χ3n) is 7.28. The van der Waals surface area contributed by atoms with E-state index in [1.807, 2.05) is 6.07 Å². The van der Waals surface area contributed by atoms with Crippen LogP contribution in [-0.4, -0.2) is 89.7 Å². The number of alkyl halides is 6. The molecule has 0 bridgehead atoms. The van der Waals surface area contributed by atoms with E-state index in [9.17, 15) is 26.3 Å². The number of furan rings is 1. The molecular formula is C26H30F6N2O6. The molecule has 0 aliphatic carbocycles.